The number of aromatic nitrogens is 1. The second kappa shape index (κ2) is 8.36. The largest absolute Gasteiger partial charge is 0.454 e. The minimum absolute atomic E-state index is 0.0501. The molecule has 32 heavy (non-hydrogen) atoms. The fraction of sp³-hybridized carbons (Fsp3) is 0.238. The highest BCUT2D eigenvalue weighted by Gasteiger charge is 2.28. The number of carbonyl (C=O) groups is 1. The summed E-state index contributed by atoms with van der Waals surface area (Å²) >= 11 is 7.46. The van der Waals surface area contributed by atoms with E-state index in [1.165, 1.54) is 33.8 Å². The Morgan fingerprint density at radius 1 is 1.09 bits per heavy atom. The van der Waals surface area contributed by atoms with Crippen molar-refractivity contribution in [2.75, 3.05) is 25.2 Å². The van der Waals surface area contributed by atoms with E-state index in [9.17, 15) is 13.2 Å². The zero-order valence-electron chi connectivity index (χ0n) is 16.7. The van der Waals surface area contributed by atoms with E-state index in [1.54, 1.807) is 6.07 Å². The number of anilines is 1. The molecule has 0 aliphatic carbocycles. The molecular formula is C21H18ClN3O5S2. The fourth-order valence-electron chi connectivity index (χ4n) is 3.60. The maximum Gasteiger partial charge on any atom is 0.259 e. The van der Waals surface area contributed by atoms with Gasteiger partial charge in [-0.15, -0.1) is 11.3 Å². The standard InChI is InChI=1S/C21H18ClN3O5S2/c22-16-5-4-14(32(27,28)25-7-1-2-8-25)10-15(16)20(26)24-21-23-17(11-31-21)13-3-6-18-19(9-13)30-12-29-18/h3-6,9-11H,1-2,7-8,12H2,(H,23,24,26). The number of nitrogens with one attached hydrogen (secondary N) is 1. The molecule has 0 bridgehead atoms. The summed E-state index contributed by atoms with van der Waals surface area (Å²) < 4.78 is 37.8. The molecule has 166 valence electrons. The Morgan fingerprint density at radius 3 is 2.69 bits per heavy atom. The van der Waals surface area contributed by atoms with Gasteiger partial charge in [-0.25, -0.2) is 13.4 Å². The maximum atomic E-state index is 12.9. The summed E-state index contributed by atoms with van der Waals surface area (Å²) in [5.41, 5.74) is 1.56. The van der Waals surface area contributed by atoms with Gasteiger partial charge in [0.2, 0.25) is 16.8 Å². The molecule has 1 aromatic heterocycles. The van der Waals surface area contributed by atoms with Crippen molar-refractivity contribution >= 4 is 44.0 Å². The Balaban J connectivity index is 1.36. The van der Waals surface area contributed by atoms with Crippen LogP contribution in [0.2, 0.25) is 5.02 Å². The molecule has 0 unspecified atom stereocenters. The van der Waals surface area contributed by atoms with Crippen LogP contribution in [0.15, 0.2) is 46.7 Å². The number of amides is 1. The van der Waals surface area contributed by atoms with E-state index in [2.05, 4.69) is 10.3 Å². The molecule has 11 heteroatoms. The van der Waals surface area contributed by atoms with Crippen LogP contribution in [0.5, 0.6) is 11.5 Å². The molecule has 2 aromatic carbocycles. The summed E-state index contributed by atoms with van der Waals surface area (Å²) in [6, 6.07) is 9.66. The summed E-state index contributed by atoms with van der Waals surface area (Å²) in [6.07, 6.45) is 1.66. The van der Waals surface area contributed by atoms with E-state index in [1.807, 2.05) is 17.5 Å². The number of benzene rings is 2. The van der Waals surface area contributed by atoms with Gasteiger partial charge >= 0.3 is 0 Å². The number of hydrogen-bond donors (Lipinski definition) is 1. The highest BCUT2D eigenvalue weighted by Crippen LogP contribution is 2.36. The van der Waals surface area contributed by atoms with Gasteiger partial charge in [-0.3, -0.25) is 10.1 Å². The molecule has 0 radical (unpaired) electrons. The number of sulfonamides is 1. The molecule has 1 fully saturated rings. The average molecular weight is 492 g/mol. The molecule has 3 aromatic rings. The number of nitrogens with zero attached hydrogens (tertiary/aromatic N) is 2. The monoisotopic (exact) mass is 491 g/mol. The zero-order chi connectivity index (χ0) is 22.3. The molecule has 1 N–H and O–H groups in total. The van der Waals surface area contributed by atoms with Crippen LogP contribution in [-0.2, 0) is 10.0 Å². The van der Waals surface area contributed by atoms with E-state index in [4.69, 9.17) is 21.1 Å². The van der Waals surface area contributed by atoms with Crippen LogP contribution in [-0.4, -0.2) is 43.5 Å². The first kappa shape index (κ1) is 21.2. The summed E-state index contributed by atoms with van der Waals surface area (Å²) in [7, 11) is -3.66. The summed E-state index contributed by atoms with van der Waals surface area (Å²) in [5.74, 6) is 0.792. The molecule has 0 atom stereocenters. The van der Waals surface area contributed by atoms with E-state index in [0.29, 0.717) is 35.4 Å². The molecule has 2 aliphatic heterocycles. The molecular weight excluding hydrogens is 474 g/mol. The van der Waals surface area contributed by atoms with Crippen molar-refractivity contribution in [2.45, 2.75) is 17.7 Å². The smallest absolute Gasteiger partial charge is 0.259 e. The lowest BCUT2D eigenvalue weighted by Gasteiger charge is -2.16. The number of hydrogen-bond acceptors (Lipinski definition) is 7. The molecule has 2 aliphatic rings. The number of carbonyl (C=O) groups excluding carboxylic acids is 1. The fourth-order valence-corrected chi connectivity index (χ4v) is 6.06. The minimum Gasteiger partial charge on any atom is -0.454 e. The van der Waals surface area contributed by atoms with E-state index < -0.39 is 15.9 Å². The van der Waals surface area contributed by atoms with Gasteiger partial charge < -0.3 is 9.47 Å². The summed E-state index contributed by atoms with van der Waals surface area (Å²) in [6.45, 7) is 1.15. The predicted molar refractivity (Wildman–Crippen MR) is 121 cm³/mol. The SMILES string of the molecule is O=C(Nc1nc(-c2ccc3c(c2)OCO3)cs1)c1cc(S(=O)(=O)N2CCCC2)ccc1Cl. The second-order valence-corrected chi connectivity index (χ2v) is 10.5. The second-order valence-electron chi connectivity index (χ2n) is 7.31. The van der Waals surface area contributed by atoms with Crippen LogP contribution in [0.25, 0.3) is 11.3 Å². The number of fused-ring (bicyclic) bond motifs is 1. The van der Waals surface area contributed by atoms with Crippen molar-refractivity contribution in [2.24, 2.45) is 0 Å². The first-order valence-electron chi connectivity index (χ1n) is 9.88. The van der Waals surface area contributed by atoms with Crippen molar-refractivity contribution in [1.29, 1.82) is 0 Å². The maximum absolute atomic E-state index is 12.9. The highest BCUT2D eigenvalue weighted by molar-refractivity contribution is 7.89. The Labute approximate surface area is 193 Å². The first-order chi connectivity index (χ1) is 15.4. The van der Waals surface area contributed by atoms with Gasteiger partial charge in [0.15, 0.2) is 16.6 Å². The Kier molecular flexibility index (Phi) is 5.54. The minimum atomic E-state index is -3.66. The molecule has 1 amide bonds. The number of thiazole rings is 1. The van der Waals surface area contributed by atoms with Crippen molar-refractivity contribution in [3.05, 3.63) is 52.4 Å². The molecule has 0 spiro atoms. The number of halogens is 1. The zero-order valence-corrected chi connectivity index (χ0v) is 19.1. The topological polar surface area (TPSA) is 97.8 Å². The van der Waals surface area contributed by atoms with Crippen molar-refractivity contribution in [3.63, 3.8) is 0 Å². The molecule has 5 rings (SSSR count). The van der Waals surface area contributed by atoms with Crippen molar-refractivity contribution < 1.29 is 22.7 Å². The first-order valence-corrected chi connectivity index (χ1v) is 12.6. The highest BCUT2D eigenvalue weighted by atomic mass is 35.5. The normalized spacial score (nSPS) is 15.8. The third kappa shape index (κ3) is 3.95. The summed E-state index contributed by atoms with van der Waals surface area (Å²) in [4.78, 5) is 17.4. The predicted octanol–water partition coefficient (Wildman–Crippen LogP) is 4.23. The lowest BCUT2D eigenvalue weighted by molar-refractivity contribution is 0.102. The third-order valence-electron chi connectivity index (χ3n) is 5.28. The van der Waals surface area contributed by atoms with Gasteiger partial charge in [0.25, 0.3) is 5.91 Å². The third-order valence-corrected chi connectivity index (χ3v) is 8.26. The van der Waals surface area contributed by atoms with Crippen molar-refractivity contribution in [3.8, 4) is 22.8 Å². The lowest BCUT2D eigenvalue weighted by Crippen LogP contribution is -2.28. The van der Waals surface area contributed by atoms with Crippen LogP contribution in [0.1, 0.15) is 23.2 Å². The van der Waals surface area contributed by atoms with Gasteiger partial charge in [0, 0.05) is 24.0 Å². The van der Waals surface area contributed by atoms with Crippen LogP contribution in [0.4, 0.5) is 5.13 Å². The van der Waals surface area contributed by atoms with Gasteiger partial charge in [0.05, 0.1) is 21.2 Å². The Bertz CT molecular complexity index is 1300. The van der Waals surface area contributed by atoms with Gasteiger partial charge in [-0.1, -0.05) is 11.6 Å². The Morgan fingerprint density at radius 2 is 1.88 bits per heavy atom. The van der Waals surface area contributed by atoms with Crippen LogP contribution < -0.4 is 14.8 Å². The summed E-state index contributed by atoms with van der Waals surface area (Å²) in [5, 5.41) is 5.05. The molecule has 0 saturated carbocycles. The van der Waals surface area contributed by atoms with Gasteiger partial charge in [-0.2, -0.15) is 4.31 Å². The van der Waals surface area contributed by atoms with Gasteiger partial charge in [0.1, 0.15) is 0 Å². The number of rotatable bonds is 5. The van der Waals surface area contributed by atoms with E-state index >= 15 is 0 Å². The average Bonchev–Trinajstić information content (AvgIpc) is 3.54. The van der Waals surface area contributed by atoms with Crippen molar-refractivity contribution in [1.82, 2.24) is 9.29 Å². The van der Waals surface area contributed by atoms with E-state index in [0.717, 1.165) is 18.4 Å². The number of ether oxygens (including phenoxy) is 2. The van der Waals surface area contributed by atoms with E-state index in [-0.39, 0.29) is 22.3 Å². The lowest BCUT2D eigenvalue weighted by atomic mass is 10.1. The van der Waals surface area contributed by atoms with Crippen LogP contribution in [0, 0.1) is 0 Å². The Hall–Kier alpha value is -2.66. The van der Waals surface area contributed by atoms with Crippen LogP contribution >= 0.6 is 22.9 Å². The molecule has 3 heterocycles. The van der Waals surface area contributed by atoms with Gasteiger partial charge in [-0.05, 0) is 49.2 Å². The molecule has 1 saturated heterocycles. The van der Waals surface area contributed by atoms with Crippen LogP contribution in [0.3, 0.4) is 0 Å². The quantitative estimate of drug-likeness (QED) is 0.573. The molecule has 8 nitrogen and oxygen atoms in total.